The third-order valence-corrected chi connectivity index (χ3v) is 6.28. The Morgan fingerprint density at radius 1 is 0.636 bits per heavy atom. The fraction of sp³-hybridized carbons (Fsp3) is 0.138. The van der Waals surface area contributed by atoms with Gasteiger partial charge in [0.2, 0.25) is 5.69 Å². The molecular weight excluding hydrogens is 406 g/mol. The lowest BCUT2D eigenvalue weighted by Gasteiger charge is -2.11. The second-order valence-corrected chi connectivity index (χ2v) is 8.43. The molecule has 0 amide bonds. The molecule has 0 atom stereocenters. The third kappa shape index (κ3) is 3.85. The molecule has 0 saturated carbocycles. The Morgan fingerprint density at radius 2 is 1.36 bits per heavy atom. The van der Waals surface area contributed by atoms with Crippen molar-refractivity contribution in [3.63, 3.8) is 0 Å². The van der Waals surface area contributed by atoms with E-state index in [0.29, 0.717) is 0 Å². The Hall–Kier alpha value is -4.05. The molecule has 0 N–H and O–H groups in total. The van der Waals surface area contributed by atoms with E-state index < -0.39 is 0 Å². The van der Waals surface area contributed by atoms with Crippen LogP contribution in [0.25, 0.3) is 33.4 Å². The van der Waals surface area contributed by atoms with E-state index in [2.05, 4.69) is 108 Å². The molecule has 4 nitrogen and oxygen atoms in total. The maximum atomic E-state index is 6.48. The van der Waals surface area contributed by atoms with Gasteiger partial charge in [-0.1, -0.05) is 24.3 Å². The molecule has 0 aliphatic carbocycles. The average molecular weight is 435 g/mol. The van der Waals surface area contributed by atoms with E-state index in [1.807, 2.05) is 31.3 Å². The zero-order chi connectivity index (χ0) is 22.9. The van der Waals surface area contributed by atoms with Gasteiger partial charge in [-0.05, 0) is 42.6 Å². The molecule has 0 spiro atoms. The standard InChI is InChI=1S/C29H28N3O/c1-21-24(27-19-22-11-5-6-12-23(22)20-31(27)3)13-9-16-28(21)33-29-17-10-15-26(32(29)4)25-14-7-8-18-30(25)2/h5-20H,1-4H3/q+3. The summed E-state index contributed by atoms with van der Waals surface area (Å²) in [7, 11) is 6.19. The molecule has 0 unspecified atom stereocenters. The summed E-state index contributed by atoms with van der Waals surface area (Å²) in [6.45, 7) is 2.13. The van der Waals surface area contributed by atoms with Crippen molar-refractivity contribution in [1.29, 1.82) is 0 Å². The van der Waals surface area contributed by atoms with Gasteiger partial charge in [-0.25, -0.2) is 4.57 Å². The van der Waals surface area contributed by atoms with Gasteiger partial charge in [-0.2, -0.15) is 9.13 Å². The number of aryl methyl sites for hydroxylation is 2. The minimum absolute atomic E-state index is 0.791. The molecule has 0 fully saturated rings. The highest BCUT2D eigenvalue weighted by molar-refractivity contribution is 5.84. The molecule has 0 aliphatic heterocycles. The van der Waals surface area contributed by atoms with Crippen LogP contribution in [0, 0.1) is 6.92 Å². The Bertz CT molecular complexity index is 1490. The minimum atomic E-state index is 0.791. The second-order valence-electron chi connectivity index (χ2n) is 8.43. The Kier molecular flexibility index (Phi) is 5.35. The molecule has 3 aromatic heterocycles. The fourth-order valence-electron chi connectivity index (χ4n) is 4.38. The number of ether oxygens (including phenoxy) is 1. The zero-order valence-electron chi connectivity index (χ0n) is 19.5. The van der Waals surface area contributed by atoms with E-state index in [0.717, 1.165) is 39.8 Å². The molecule has 5 rings (SSSR count). The summed E-state index contributed by atoms with van der Waals surface area (Å²) in [6, 6.07) is 29.3. The van der Waals surface area contributed by atoms with E-state index >= 15 is 0 Å². The highest BCUT2D eigenvalue weighted by Crippen LogP contribution is 2.32. The van der Waals surface area contributed by atoms with Gasteiger partial charge < -0.3 is 4.74 Å². The van der Waals surface area contributed by atoms with Crippen molar-refractivity contribution in [2.75, 3.05) is 0 Å². The maximum Gasteiger partial charge on any atom is 0.373 e. The SMILES string of the molecule is Cc1c(Oc2cccc(-c3cccc[n+]3C)[n+]2C)cccc1-c1cc2ccccc2c[n+]1C. The normalized spacial score (nSPS) is 11.0. The zero-order valence-corrected chi connectivity index (χ0v) is 19.5. The van der Waals surface area contributed by atoms with Crippen LogP contribution in [0.5, 0.6) is 11.6 Å². The van der Waals surface area contributed by atoms with Crippen molar-refractivity contribution in [3.05, 3.63) is 103 Å². The van der Waals surface area contributed by atoms with Gasteiger partial charge in [0, 0.05) is 35.2 Å². The summed E-state index contributed by atoms with van der Waals surface area (Å²) in [5.74, 6) is 1.64. The number of hydrogen-bond donors (Lipinski definition) is 0. The number of pyridine rings is 3. The van der Waals surface area contributed by atoms with Gasteiger partial charge >= 0.3 is 5.88 Å². The summed E-state index contributed by atoms with van der Waals surface area (Å²) in [5, 5.41) is 2.46. The van der Waals surface area contributed by atoms with Crippen molar-refractivity contribution in [2.45, 2.75) is 6.92 Å². The average Bonchev–Trinajstić information content (AvgIpc) is 2.82. The predicted molar refractivity (Wildman–Crippen MR) is 130 cm³/mol. The highest BCUT2D eigenvalue weighted by Gasteiger charge is 2.23. The van der Waals surface area contributed by atoms with Crippen LogP contribution in [0.15, 0.2) is 97.3 Å². The topological polar surface area (TPSA) is 20.9 Å². The fourth-order valence-corrected chi connectivity index (χ4v) is 4.38. The van der Waals surface area contributed by atoms with Gasteiger partial charge in [-0.15, -0.1) is 0 Å². The number of benzene rings is 2. The van der Waals surface area contributed by atoms with Crippen molar-refractivity contribution in [3.8, 4) is 34.3 Å². The van der Waals surface area contributed by atoms with Gasteiger partial charge in [0.25, 0.3) is 11.4 Å². The molecule has 0 saturated heterocycles. The molecule has 0 bridgehead atoms. The number of fused-ring (bicyclic) bond motifs is 1. The predicted octanol–water partition coefficient (Wildman–Crippen LogP) is 4.75. The van der Waals surface area contributed by atoms with Gasteiger partial charge in [0.1, 0.15) is 26.9 Å². The lowest BCUT2D eigenvalue weighted by molar-refractivity contribution is -0.692. The largest absolute Gasteiger partial charge is 0.405 e. The third-order valence-electron chi connectivity index (χ3n) is 6.28. The van der Waals surface area contributed by atoms with Crippen molar-refractivity contribution in [2.24, 2.45) is 21.1 Å². The van der Waals surface area contributed by atoms with Gasteiger partial charge in [0.15, 0.2) is 12.4 Å². The first kappa shape index (κ1) is 20.8. The molecular formula is C29H28N3O+3. The first-order valence-electron chi connectivity index (χ1n) is 11.1. The summed E-state index contributed by atoms with van der Waals surface area (Å²) in [6.07, 6.45) is 4.24. The number of hydrogen-bond acceptors (Lipinski definition) is 1. The van der Waals surface area contributed by atoms with E-state index in [-0.39, 0.29) is 0 Å². The monoisotopic (exact) mass is 434 g/mol. The Balaban J connectivity index is 1.56. The number of rotatable bonds is 4. The smallest absolute Gasteiger partial charge is 0.373 e. The van der Waals surface area contributed by atoms with Crippen molar-refractivity contribution < 1.29 is 18.4 Å². The van der Waals surface area contributed by atoms with Crippen LogP contribution in [0.3, 0.4) is 0 Å². The van der Waals surface area contributed by atoms with Crippen LogP contribution in [-0.2, 0) is 21.1 Å². The van der Waals surface area contributed by atoms with E-state index in [4.69, 9.17) is 4.74 Å². The van der Waals surface area contributed by atoms with Crippen LogP contribution in [0.4, 0.5) is 0 Å². The van der Waals surface area contributed by atoms with Gasteiger partial charge in [0.05, 0.1) is 11.6 Å². The van der Waals surface area contributed by atoms with Crippen molar-refractivity contribution in [1.82, 2.24) is 0 Å². The second kappa shape index (κ2) is 8.47. The minimum Gasteiger partial charge on any atom is -0.405 e. The van der Waals surface area contributed by atoms with Crippen LogP contribution in [-0.4, -0.2) is 0 Å². The summed E-state index contributed by atoms with van der Waals surface area (Å²) >= 11 is 0. The van der Waals surface area contributed by atoms with E-state index in [1.54, 1.807) is 0 Å². The Morgan fingerprint density at radius 3 is 2.18 bits per heavy atom. The highest BCUT2D eigenvalue weighted by atomic mass is 16.5. The van der Waals surface area contributed by atoms with Crippen LogP contribution >= 0.6 is 0 Å². The molecule has 0 radical (unpaired) electrons. The maximum absolute atomic E-state index is 6.48. The van der Waals surface area contributed by atoms with Gasteiger partial charge in [-0.3, -0.25) is 0 Å². The first-order valence-corrected chi connectivity index (χ1v) is 11.1. The lowest BCUT2D eigenvalue weighted by atomic mass is 10.0. The van der Waals surface area contributed by atoms with Crippen LogP contribution < -0.4 is 18.4 Å². The van der Waals surface area contributed by atoms with Crippen LogP contribution in [0.1, 0.15) is 5.56 Å². The molecule has 4 heteroatoms. The summed E-state index contributed by atoms with van der Waals surface area (Å²) in [4.78, 5) is 0. The molecule has 162 valence electrons. The van der Waals surface area contributed by atoms with Crippen molar-refractivity contribution >= 4 is 10.8 Å². The summed E-state index contributed by atoms with van der Waals surface area (Å²) < 4.78 is 12.9. The van der Waals surface area contributed by atoms with E-state index in [1.165, 1.54) is 10.8 Å². The molecule has 5 aromatic rings. The number of nitrogens with zero attached hydrogens (tertiary/aromatic N) is 3. The van der Waals surface area contributed by atoms with Crippen LogP contribution in [0.2, 0.25) is 0 Å². The lowest BCUT2D eigenvalue weighted by Crippen LogP contribution is -2.39. The Labute approximate surface area is 194 Å². The first-order chi connectivity index (χ1) is 16.0. The summed E-state index contributed by atoms with van der Waals surface area (Å²) in [5.41, 5.74) is 5.64. The molecule has 3 heterocycles. The molecule has 33 heavy (non-hydrogen) atoms. The van der Waals surface area contributed by atoms with E-state index in [9.17, 15) is 0 Å². The quantitative estimate of drug-likeness (QED) is 0.374. The number of aromatic nitrogens is 3. The molecule has 0 aliphatic rings. The molecule has 2 aromatic carbocycles.